The van der Waals surface area contributed by atoms with Gasteiger partial charge in [-0.25, -0.2) is 4.98 Å². The van der Waals surface area contributed by atoms with E-state index in [2.05, 4.69) is 41.8 Å². The molecule has 1 aliphatic rings. The maximum atomic E-state index is 12.5. The van der Waals surface area contributed by atoms with Crippen LogP contribution in [0.1, 0.15) is 31.7 Å². The van der Waals surface area contributed by atoms with Crippen LogP contribution in [-0.2, 0) is 11.3 Å². The molecule has 1 aromatic carbocycles. The van der Waals surface area contributed by atoms with Crippen molar-refractivity contribution in [1.82, 2.24) is 19.7 Å². The summed E-state index contributed by atoms with van der Waals surface area (Å²) < 4.78 is 1.26. The first-order chi connectivity index (χ1) is 12.7. The Morgan fingerprint density at radius 2 is 1.73 bits per heavy atom. The molecule has 1 saturated heterocycles. The van der Waals surface area contributed by atoms with Crippen LogP contribution in [0.15, 0.2) is 24.3 Å². The Labute approximate surface area is 160 Å². The maximum Gasteiger partial charge on any atom is 0.236 e. The zero-order chi connectivity index (χ0) is 18.4. The normalized spacial score (nSPS) is 16.2. The number of nitrogens with zero attached hydrogens (tertiary/aromatic N) is 4. The van der Waals surface area contributed by atoms with Crippen LogP contribution in [0.2, 0.25) is 0 Å². The molecule has 3 rings (SSSR count). The Bertz CT molecular complexity index is 670. The monoisotopic (exact) mass is 374 g/mol. The Balaban J connectivity index is 1.47. The molecular weight excluding hydrogens is 344 g/mol. The second-order valence-corrected chi connectivity index (χ2v) is 8.12. The highest BCUT2D eigenvalue weighted by Crippen LogP contribution is 2.23. The van der Waals surface area contributed by atoms with Crippen molar-refractivity contribution in [2.75, 3.05) is 45.8 Å². The molecule has 26 heavy (non-hydrogen) atoms. The number of hydrogen-bond acceptors (Lipinski definition) is 5. The van der Waals surface area contributed by atoms with Crippen LogP contribution in [-0.4, -0.2) is 71.4 Å². The zero-order valence-corrected chi connectivity index (χ0v) is 16.8. The number of hydrogen-bond donors (Lipinski definition) is 0. The van der Waals surface area contributed by atoms with E-state index < -0.39 is 0 Å². The summed E-state index contributed by atoms with van der Waals surface area (Å²) in [4.78, 5) is 24.0. The minimum Gasteiger partial charge on any atom is -0.342 e. The molecule has 142 valence electrons. The summed E-state index contributed by atoms with van der Waals surface area (Å²) in [6, 6.07) is 8.33. The highest BCUT2D eigenvalue weighted by molar-refractivity contribution is 7.18. The fourth-order valence-electron chi connectivity index (χ4n) is 3.48. The summed E-state index contributed by atoms with van der Waals surface area (Å²) >= 11 is 1.79. The van der Waals surface area contributed by atoms with Gasteiger partial charge < -0.3 is 4.90 Å². The van der Waals surface area contributed by atoms with Crippen molar-refractivity contribution in [1.29, 1.82) is 0 Å². The molecule has 1 fully saturated rings. The van der Waals surface area contributed by atoms with Gasteiger partial charge in [0.1, 0.15) is 5.01 Å². The SMILES string of the molecule is CCCN(CCC)C(=O)CN1CCN(Cc2nc3ccccc3s2)CC1. The molecule has 0 bridgehead atoms. The molecule has 1 amide bonds. The minimum absolute atomic E-state index is 0.285. The third-order valence-electron chi connectivity index (χ3n) is 4.86. The van der Waals surface area contributed by atoms with Crippen LogP contribution in [0, 0.1) is 0 Å². The zero-order valence-electron chi connectivity index (χ0n) is 16.0. The van der Waals surface area contributed by atoms with Gasteiger partial charge in [0.2, 0.25) is 5.91 Å². The van der Waals surface area contributed by atoms with Crippen molar-refractivity contribution >= 4 is 27.5 Å². The van der Waals surface area contributed by atoms with Gasteiger partial charge in [0.15, 0.2) is 0 Å². The molecule has 0 aliphatic carbocycles. The number of carbonyl (C=O) groups is 1. The average molecular weight is 375 g/mol. The van der Waals surface area contributed by atoms with Gasteiger partial charge in [-0.2, -0.15) is 0 Å². The highest BCUT2D eigenvalue weighted by atomic mass is 32.1. The molecule has 0 radical (unpaired) electrons. The average Bonchev–Trinajstić information content (AvgIpc) is 3.05. The molecule has 0 atom stereocenters. The Morgan fingerprint density at radius 3 is 2.38 bits per heavy atom. The molecule has 2 aromatic rings. The number of fused-ring (bicyclic) bond motifs is 1. The number of amides is 1. The quantitative estimate of drug-likeness (QED) is 0.712. The Morgan fingerprint density at radius 1 is 1.08 bits per heavy atom. The predicted octanol–water partition coefficient (Wildman–Crippen LogP) is 3.06. The number of carbonyl (C=O) groups excluding carboxylic acids is 1. The van der Waals surface area contributed by atoms with Gasteiger partial charge in [0.05, 0.1) is 23.3 Å². The number of rotatable bonds is 8. The summed E-state index contributed by atoms with van der Waals surface area (Å²) in [5.41, 5.74) is 1.10. The van der Waals surface area contributed by atoms with Gasteiger partial charge in [-0.15, -0.1) is 11.3 Å². The van der Waals surface area contributed by atoms with Gasteiger partial charge in [-0.3, -0.25) is 14.6 Å². The summed E-state index contributed by atoms with van der Waals surface area (Å²) in [5, 5.41) is 1.19. The number of piperazine rings is 1. The lowest BCUT2D eigenvalue weighted by molar-refractivity contribution is -0.133. The summed E-state index contributed by atoms with van der Waals surface area (Å²) in [7, 11) is 0. The summed E-state index contributed by atoms with van der Waals surface area (Å²) in [6.07, 6.45) is 2.06. The molecule has 1 aliphatic heterocycles. The Kier molecular flexibility index (Phi) is 7.00. The summed E-state index contributed by atoms with van der Waals surface area (Å²) in [5.74, 6) is 0.285. The third-order valence-corrected chi connectivity index (χ3v) is 5.88. The van der Waals surface area contributed by atoms with Crippen LogP contribution >= 0.6 is 11.3 Å². The highest BCUT2D eigenvalue weighted by Gasteiger charge is 2.22. The van der Waals surface area contributed by atoms with Crippen LogP contribution in [0.4, 0.5) is 0 Å². The first-order valence-electron chi connectivity index (χ1n) is 9.76. The smallest absolute Gasteiger partial charge is 0.236 e. The largest absolute Gasteiger partial charge is 0.342 e. The molecule has 5 nitrogen and oxygen atoms in total. The lowest BCUT2D eigenvalue weighted by Crippen LogP contribution is -2.49. The molecule has 6 heteroatoms. The fourth-order valence-corrected chi connectivity index (χ4v) is 4.49. The first-order valence-corrected chi connectivity index (χ1v) is 10.6. The molecule has 0 saturated carbocycles. The van der Waals surface area contributed by atoms with Crippen LogP contribution in [0.3, 0.4) is 0 Å². The second kappa shape index (κ2) is 9.44. The standard InChI is InChI=1S/C20H30N4OS/c1-3-9-24(10-4-2)20(25)16-23-13-11-22(12-14-23)15-19-21-17-7-5-6-8-18(17)26-19/h5-8H,3-4,9-16H2,1-2H3. The van der Waals surface area contributed by atoms with Gasteiger partial charge >= 0.3 is 0 Å². The van der Waals surface area contributed by atoms with Crippen LogP contribution in [0.25, 0.3) is 10.2 Å². The molecule has 0 spiro atoms. The second-order valence-electron chi connectivity index (χ2n) is 7.01. The number of thiazole rings is 1. The first kappa shape index (κ1) is 19.3. The topological polar surface area (TPSA) is 39.7 Å². The molecular formula is C20H30N4OS. The van der Waals surface area contributed by atoms with Gasteiger partial charge in [-0.1, -0.05) is 26.0 Å². The van der Waals surface area contributed by atoms with Crippen molar-refractivity contribution in [2.45, 2.75) is 33.2 Å². The van der Waals surface area contributed by atoms with Crippen molar-refractivity contribution < 1.29 is 4.79 Å². The lowest BCUT2D eigenvalue weighted by atomic mass is 10.3. The predicted molar refractivity (Wildman–Crippen MR) is 108 cm³/mol. The number of benzene rings is 1. The minimum atomic E-state index is 0.285. The fraction of sp³-hybridized carbons (Fsp3) is 0.600. The van der Waals surface area contributed by atoms with E-state index in [0.717, 1.165) is 64.2 Å². The third kappa shape index (κ3) is 5.02. The Hall–Kier alpha value is -1.50. The van der Waals surface area contributed by atoms with Crippen molar-refractivity contribution in [3.8, 4) is 0 Å². The van der Waals surface area contributed by atoms with Crippen LogP contribution < -0.4 is 0 Å². The van der Waals surface area contributed by atoms with E-state index in [0.29, 0.717) is 6.54 Å². The number of aromatic nitrogens is 1. The molecule has 0 unspecified atom stereocenters. The molecule has 1 aromatic heterocycles. The van der Waals surface area contributed by atoms with E-state index in [4.69, 9.17) is 4.98 Å². The van der Waals surface area contributed by atoms with Crippen molar-refractivity contribution in [3.05, 3.63) is 29.3 Å². The van der Waals surface area contributed by atoms with Gasteiger partial charge in [-0.05, 0) is 25.0 Å². The van der Waals surface area contributed by atoms with Crippen LogP contribution in [0.5, 0.6) is 0 Å². The number of para-hydroxylation sites is 1. The van der Waals surface area contributed by atoms with E-state index in [-0.39, 0.29) is 5.91 Å². The van der Waals surface area contributed by atoms with E-state index in [1.54, 1.807) is 11.3 Å². The molecule has 0 N–H and O–H groups in total. The van der Waals surface area contributed by atoms with Crippen molar-refractivity contribution in [2.24, 2.45) is 0 Å². The van der Waals surface area contributed by atoms with Gasteiger partial charge in [0.25, 0.3) is 0 Å². The maximum absolute atomic E-state index is 12.5. The van der Waals surface area contributed by atoms with E-state index in [1.165, 1.54) is 9.71 Å². The van der Waals surface area contributed by atoms with E-state index in [1.807, 2.05) is 11.0 Å². The van der Waals surface area contributed by atoms with Crippen molar-refractivity contribution in [3.63, 3.8) is 0 Å². The summed E-state index contributed by atoms with van der Waals surface area (Å²) in [6.45, 7) is 11.4. The van der Waals surface area contributed by atoms with Gasteiger partial charge in [0, 0.05) is 39.3 Å². The molecule has 2 heterocycles. The lowest BCUT2D eigenvalue weighted by Gasteiger charge is -2.35. The van der Waals surface area contributed by atoms with E-state index in [9.17, 15) is 4.79 Å². The van der Waals surface area contributed by atoms with E-state index >= 15 is 0 Å².